The summed E-state index contributed by atoms with van der Waals surface area (Å²) >= 11 is 0. The summed E-state index contributed by atoms with van der Waals surface area (Å²) in [7, 11) is -3.62. The molecule has 0 bridgehead atoms. The number of aryl methyl sites for hydroxylation is 1. The lowest BCUT2D eigenvalue weighted by atomic mass is 10.2. The second kappa shape index (κ2) is 7.38. The molecule has 25 heavy (non-hydrogen) atoms. The minimum Gasteiger partial charge on any atom is -0.465 e. The highest BCUT2D eigenvalue weighted by atomic mass is 32.2. The van der Waals surface area contributed by atoms with Crippen LogP contribution in [0.2, 0.25) is 0 Å². The van der Waals surface area contributed by atoms with E-state index in [0.717, 1.165) is 5.76 Å². The quantitative estimate of drug-likeness (QED) is 0.811. The number of amides is 1. The summed E-state index contributed by atoms with van der Waals surface area (Å²) in [6.07, 6.45) is 0.659. The maximum absolute atomic E-state index is 12.3. The molecule has 1 aliphatic heterocycles. The molecular weight excluding hydrogens is 344 g/mol. The van der Waals surface area contributed by atoms with Crippen LogP contribution in [0.4, 0.5) is 0 Å². The van der Waals surface area contributed by atoms with Crippen LogP contribution in [0.25, 0.3) is 0 Å². The van der Waals surface area contributed by atoms with E-state index in [1.165, 1.54) is 24.3 Å². The van der Waals surface area contributed by atoms with Crippen LogP contribution in [-0.4, -0.2) is 33.6 Å². The van der Waals surface area contributed by atoms with Crippen LogP contribution in [0.15, 0.2) is 45.7 Å². The molecule has 2 aromatic rings. The smallest absolute Gasteiger partial charge is 0.251 e. The molecule has 0 unspecified atom stereocenters. The number of carbonyl (C=O) groups is 1. The van der Waals surface area contributed by atoms with Crippen molar-refractivity contribution in [3.05, 3.63) is 53.5 Å². The van der Waals surface area contributed by atoms with Crippen LogP contribution in [0.5, 0.6) is 0 Å². The van der Waals surface area contributed by atoms with Crippen molar-refractivity contribution < 1.29 is 22.4 Å². The minimum atomic E-state index is -3.62. The molecule has 1 aromatic carbocycles. The van der Waals surface area contributed by atoms with Gasteiger partial charge in [0, 0.05) is 18.2 Å². The fourth-order valence-electron chi connectivity index (χ4n) is 2.55. The molecule has 0 spiro atoms. The summed E-state index contributed by atoms with van der Waals surface area (Å²) < 4.78 is 37.8. The van der Waals surface area contributed by atoms with Gasteiger partial charge in [-0.25, -0.2) is 13.1 Å². The molecule has 1 atom stereocenters. The normalized spacial score (nSPS) is 17.6. The van der Waals surface area contributed by atoms with E-state index in [1.807, 2.05) is 13.0 Å². The van der Waals surface area contributed by atoms with Crippen molar-refractivity contribution in [1.29, 1.82) is 0 Å². The Morgan fingerprint density at radius 2 is 1.96 bits per heavy atom. The van der Waals surface area contributed by atoms with E-state index in [4.69, 9.17) is 9.15 Å². The number of ether oxygens (including phenoxy) is 1. The molecule has 3 rings (SSSR count). The van der Waals surface area contributed by atoms with E-state index in [1.54, 1.807) is 6.07 Å². The maximum Gasteiger partial charge on any atom is 0.251 e. The average molecular weight is 364 g/mol. The third-order valence-electron chi connectivity index (χ3n) is 3.90. The number of benzene rings is 1. The molecule has 1 fully saturated rings. The lowest BCUT2D eigenvalue weighted by molar-refractivity contribution is 0.0947. The fourth-order valence-corrected chi connectivity index (χ4v) is 3.81. The summed E-state index contributed by atoms with van der Waals surface area (Å²) in [4.78, 5) is 12.3. The van der Waals surface area contributed by atoms with Gasteiger partial charge >= 0.3 is 0 Å². The van der Waals surface area contributed by atoms with Gasteiger partial charge in [0.25, 0.3) is 5.91 Å². The number of rotatable bonds is 6. The lowest BCUT2D eigenvalue weighted by Gasteiger charge is -2.11. The molecule has 1 aliphatic rings. The van der Waals surface area contributed by atoms with Gasteiger partial charge in [0.15, 0.2) is 0 Å². The molecule has 1 amide bonds. The maximum atomic E-state index is 12.3. The van der Waals surface area contributed by atoms with Gasteiger partial charge in [0.1, 0.15) is 11.5 Å². The van der Waals surface area contributed by atoms with Gasteiger partial charge in [-0.15, -0.1) is 0 Å². The van der Waals surface area contributed by atoms with Crippen molar-refractivity contribution in [2.45, 2.75) is 30.8 Å². The Balaban J connectivity index is 1.61. The number of hydrogen-bond donors (Lipinski definition) is 2. The Morgan fingerprint density at radius 3 is 2.56 bits per heavy atom. The van der Waals surface area contributed by atoms with Crippen molar-refractivity contribution in [1.82, 2.24) is 10.0 Å². The van der Waals surface area contributed by atoms with E-state index in [0.29, 0.717) is 31.0 Å². The molecule has 7 nitrogen and oxygen atoms in total. The summed E-state index contributed by atoms with van der Waals surface area (Å²) in [6, 6.07) is 9.23. The van der Waals surface area contributed by atoms with E-state index in [2.05, 4.69) is 10.0 Å². The topological polar surface area (TPSA) is 97.6 Å². The third-order valence-corrected chi connectivity index (χ3v) is 5.43. The highest BCUT2D eigenvalue weighted by Gasteiger charge is 2.23. The Hall–Kier alpha value is -2.16. The Labute approximate surface area is 146 Å². The van der Waals surface area contributed by atoms with Crippen LogP contribution in [-0.2, 0) is 21.3 Å². The van der Waals surface area contributed by atoms with Crippen LogP contribution in [0.1, 0.15) is 28.3 Å². The van der Waals surface area contributed by atoms with E-state index >= 15 is 0 Å². The van der Waals surface area contributed by atoms with Gasteiger partial charge < -0.3 is 14.5 Å². The monoisotopic (exact) mass is 364 g/mol. The third kappa shape index (κ3) is 4.47. The molecule has 2 heterocycles. The van der Waals surface area contributed by atoms with Crippen LogP contribution in [0.3, 0.4) is 0 Å². The van der Waals surface area contributed by atoms with Crippen molar-refractivity contribution >= 4 is 15.9 Å². The first-order valence-electron chi connectivity index (χ1n) is 7.98. The summed E-state index contributed by atoms with van der Waals surface area (Å²) in [5.74, 6) is 1.14. The standard InChI is InChI=1S/C17H20N2O5S/c1-12-2-5-15(24-12)10-18-17(20)13-3-6-16(7-4-13)25(21,22)19-14-8-9-23-11-14/h2-7,14,19H,8-11H2,1H3,(H,18,20)/t14-/m1/s1. The second-order valence-corrected chi connectivity index (χ2v) is 7.62. The van der Waals surface area contributed by atoms with Gasteiger partial charge in [0.2, 0.25) is 10.0 Å². The number of furan rings is 1. The van der Waals surface area contributed by atoms with Crippen LogP contribution >= 0.6 is 0 Å². The first kappa shape index (κ1) is 17.7. The number of nitrogens with one attached hydrogen (secondary N) is 2. The summed E-state index contributed by atoms with van der Waals surface area (Å²) in [5.41, 5.74) is 0.381. The lowest BCUT2D eigenvalue weighted by Crippen LogP contribution is -2.35. The fraction of sp³-hybridized carbons (Fsp3) is 0.353. The molecule has 0 aliphatic carbocycles. The van der Waals surface area contributed by atoms with Crippen molar-refractivity contribution in [2.24, 2.45) is 0 Å². The van der Waals surface area contributed by atoms with Crippen molar-refractivity contribution in [3.8, 4) is 0 Å². The number of hydrogen-bond acceptors (Lipinski definition) is 5. The SMILES string of the molecule is Cc1ccc(CNC(=O)c2ccc(S(=O)(=O)N[C@@H]3CCOC3)cc2)o1. The molecule has 134 valence electrons. The molecule has 0 saturated carbocycles. The Bertz CT molecular complexity index is 836. The Morgan fingerprint density at radius 1 is 1.20 bits per heavy atom. The molecule has 8 heteroatoms. The Kier molecular flexibility index (Phi) is 5.22. The predicted octanol–water partition coefficient (Wildman–Crippen LogP) is 1.59. The molecular formula is C17H20N2O5S. The van der Waals surface area contributed by atoms with Gasteiger partial charge in [0.05, 0.1) is 18.0 Å². The van der Waals surface area contributed by atoms with Gasteiger partial charge in [-0.1, -0.05) is 0 Å². The first-order valence-corrected chi connectivity index (χ1v) is 9.46. The highest BCUT2D eigenvalue weighted by Crippen LogP contribution is 2.14. The van der Waals surface area contributed by atoms with Crippen molar-refractivity contribution in [2.75, 3.05) is 13.2 Å². The molecule has 0 radical (unpaired) electrons. The second-order valence-electron chi connectivity index (χ2n) is 5.90. The number of sulfonamides is 1. The van der Waals surface area contributed by atoms with Gasteiger partial charge in [-0.2, -0.15) is 0 Å². The van der Waals surface area contributed by atoms with E-state index < -0.39 is 10.0 Å². The number of carbonyl (C=O) groups excluding carboxylic acids is 1. The molecule has 1 aromatic heterocycles. The van der Waals surface area contributed by atoms with E-state index in [9.17, 15) is 13.2 Å². The zero-order chi connectivity index (χ0) is 17.9. The van der Waals surface area contributed by atoms with Crippen LogP contribution < -0.4 is 10.0 Å². The van der Waals surface area contributed by atoms with Gasteiger partial charge in [-0.05, 0) is 49.7 Å². The minimum absolute atomic E-state index is 0.123. The van der Waals surface area contributed by atoms with Crippen LogP contribution in [0, 0.1) is 6.92 Å². The first-order chi connectivity index (χ1) is 11.9. The average Bonchev–Trinajstić information content (AvgIpc) is 3.24. The summed E-state index contributed by atoms with van der Waals surface area (Å²) in [5, 5.41) is 2.73. The van der Waals surface area contributed by atoms with Crippen molar-refractivity contribution in [3.63, 3.8) is 0 Å². The largest absolute Gasteiger partial charge is 0.465 e. The zero-order valence-electron chi connectivity index (χ0n) is 13.8. The summed E-state index contributed by atoms with van der Waals surface area (Å²) in [6.45, 7) is 3.04. The molecule has 2 N–H and O–H groups in total. The highest BCUT2D eigenvalue weighted by molar-refractivity contribution is 7.89. The predicted molar refractivity (Wildman–Crippen MR) is 90.6 cm³/mol. The van der Waals surface area contributed by atoms with E-state index in [-0.39, 0.29) is 23.4 Å². The molecule has 1 saturated heterocycles. The zero-order valence-corrected chi connectivity index (χ0v) is 14.6. The van der Waals surface area contributed by atoms with Gasteiger partial charge in [-0.3, -0.25) is 4.79 Å².